The zero-order valence-electron chi connectivity index (χ0n) is 17.2. The van der Waals surface area contributed by atoms with Crippen LogP contribution in [0.3, 0.4) is 0 Å². The third-order valence-corrected chi connectivity index (χ3v) is 5.75. The highest BCUT2D eigenvalue weighted by molar-refractivity contribution is 7.07. The van der Waals surface area contributed by atoms with E-state index < -0.39 is 0 Å². The molecular formula is C23H25N3O2S. The smallest absolute Gasteiger partial charge is 0.206 e. The summed E-state index contributed by atoms with van der Waals surface area (Å²) in [6.07, 6.45) is 1.95. The molecule has 0 radical (unpaired) electrons. The maximum absolute atomic E-state index is 5.63. The minimum Gasteiger partial charge on any atom is -0.497 e. The van der Waals surface area contributed by atoms with Crippen LogP contribution in [0.5, 0.6) is 11.5 Å². The quantitative estimate of drug-likeness (QED) is 0.613. The molecule has 1 heterocycles. The number of rotatable bonds is 5. The van der Waals surface area contributed by atoms with E-state index in [0.29, 0.717) is 0 Å². The SMILES string of the molecule is COc1ccc(OC)c(-c2csc(=NC(C)C)n2N=C2CCc3ccccc32)c1. The molecule has 3 aromatic rings. The van der Waals surface area contributed by atoms with Crippen molar-refractivity contribution in [2.24, 2.45) is 10.1 Å². The normalized spacial score (nSPS) is 15.2. The van der Waals surface area contributed by atoms with Crippen LogP contribution in [0.1, 0.15) is 31.4 Å². The molecule has 29 heavy (non-hydrogen) atoms. The Hall–Kier alpha value is -2.86. The molecule has 6 heteroatoms. The Morgan fingerprint density at radius 2 is 1.83 bits per heavy atom. The molecule has 0 N–H and O–H groups in total. The van der Waals surface area contributed by atoms with Gasteiger partial charge in [0, 0.05) is 22.5 Å². The Balaban J connectivity index is 1.93. The number of benzene rings is 2. The van der Waals surface area contributed by atoms with Gasteiger partial charge in [-0.3, -0.25) is 4.99 Å². The van der Waals surface area contributed by atoms with Crippen LogP contribution in [-0.2, 0) is 6.42 Å². The number of methoxy groups -OCH3 is 2. The number of hydrogen-bond acceptors (Lipinski definition) is 5. The number of thiazole rings is 1. The first-order valence-corrected chi connectivity index (χ1v) is 10.6. The Bertz CT molecular complexity index is 1130. The fourth-order valence-corrected chi connectivity index (χ4v) is 4.49. The average molecular weight is 408 g/mol. The van der Waals surface area contributed by atoms with E-state index in [9.17, 15) is 0 Å². The summed E-state index contributed by atoms with van der Waals surface area (Å²) < 4.78 is 13.0. The molecule has 4 rings (SSSR count). The van der Waals surface area contributed by atoms with E-state index in [1.165, 1.54) is 11.1 Å². The second-order valence-corrected chi connectivity index (χ2v) is 8.04. The first kappa shape index (κ1) is 19.5. The van der Waals surface area contributed by atoms with Gasteiger partial charge < -0.3 is 9.47 Å². The number of nitrogens with zero attached hydrogens (tertiary/aromatic N) is 3. The topological polar surface area (TPSA) is 48.1 Å². The van der Waals surface area contributed by atoms with Gasteiger partial charge in [0.1, 0.15) is 11.5 Å². The summed E-state index contributed by atoms with van der Waals surface area (Å²) in [5.74, 6) is 1.56. The summed E-state index contributed by atoms with van der Waals surface area (Å²) in [4.78, 5) is 5.68. The standard InChI is InChI=1S/C23H25N3O2S/c1-15(2)24-23-26(25-20-11-9-16-7-5-6-8-18(16)20)21(14-29-23)19-13-17(27-3)10-12-22(19)28-4/h5-8,10,12-15H,9,11H2,1-4H3. The van der Waals surface area contributed by atoms with E-state index in [-0.39, 0.29) is 6.04 Å². The molecule has 0 bridgehead atoms. The fourth-order valence-electron chi connectivity index (χ4n) is 3.54. The zero-order valence-corrected chi connectivity index (χ0v) is 18.0. The molecule has 0 spiro atoms. The molecule has 5 nitrogen and oxygen atoms in total. The van der Waals surface area contributed by atoms with Crippen molar-refractivity contribution < 1.29 is 9.47 Å². The number of ether oxygens (including phenoxy) is 2. The van der Waals surface area contributed by atoms with Crippen LogP contribution in [0, 0.1) is 0 Å². The van der Waals surface area contributed by atoms with Crippen molar-refractivity contribution in [2.75, 3.05) is 14.2 Å². The van der Waals surface area contributed by atoms with Gasteiger partial charge in [0.05, 0.1) is 25.6 Å². The van der Waals surface area contributed by atoms with Crippen LogP contribution in [0.15, 0.2) is 57.9 Å². The third kappa shape index (κ3) is 3.85. The summed E-state index contributed by atoms with van der Waals surface area (Å²) in [6.45, 7) is 4.15. The maximum Gasteiger partial charge on any atom is 0.206 e. The maximum atomic E-state index is 5.63. The summed E-state index contributed by atoms with van der Waals surface area (Å²) in [6, 6.07) is 14.5. The molecule has 0 fully saturated rings. The van der Waals surface area contributed by atoms with Gasteiger partial charge in [0.2, 0.25) is 4.80 Å². The molecule has 150 valence electrons. The highest BCUT2D eigenvalue weighted by Gasteiger charge is 2.19. The van der Waals surface area contributed by atoms with E-state index >= 15 is 0 Å². The highest BCUT2D eigenvalue weighted by Crippen LogP contribution is 2.34. The van der Waals surface area contributed by atoms with E-state index in [2.05, 4.69) is 43.5 Å². The Kier molecular flexibility index (Phi) is 5.53. The molecule has 1 aliphatic rings. The van der Waals surface area contributed by atoms with Gasteiger partial charge in [-0.15, -0.1) is 11.3 Å². The molecule has 0 amide bonds. The lowest BCUT2D eigenvalue weighted by Gasteiger charge is -2.12. The molecule has 0 saturated carbocycles. The molecule has 0 aliphatic heterocycles. The van der Waals surface area contributed by atoms with Crippen molar-refractivity contribution in [2.45, 2.75) is 32.7 Å². The Labute approximate surface area is 175 Å². The van der Waals surface area contributed by atoms with E-state index in [4.69, 9.17) is 19.6 Å². The lowest BCUT2D eigenvalue weighted by atomic mass is 10.1. The van der Waals surface area contributed by atoms with Crippen molar-refractivity contribution >= 4 is 17.0 Å². The summed E-state index contributed by atoms with van der Waals surface area (Å²) >= 11 is 1.59. The predicted molar refractivity (Wildman–Crippen MR) is 118 cm³/mol. The molecule has 0 atom stereocenters. The van der Waals surface area contributed by atoms with Gasteiger partial charge in [-0.1, -0.05) is 24.3 Å². The van der Waals surface area contributed by atoms with Gasteiger partial charge >= 0.3 is 0 Å². The van der Waals surface area contributed by atoms with Crippen LogP contribution >= 0.6 is 11.3 Å². The van der Waals surface area contributed by atoms with Crippen molar-refractivity contribution in [1.29, 1.82) is 0 Å². The molecular weight excluding hydrogens is 382 g/mol. The van der Waals surface area contributed by atoms with Crippen LogP contribution < -0.4 is 14.3 Å². The Morgan fingerprint density at radius 3 is 2.59 bits per heavy atom. The number of aryl methyl sites for hydroxylation is 1. The monoisotopic (exact) mass is 407 g/mol. The third-order valence-electron chi connectivity index (χ3n) is 4.92. The Morgan fingerprint density at radius 1 is 1.00 bits per heavy atom. The second kappa shape index (κ2) is 8.25. The molecule has 1 aliphatic carbocycles. The zero-order chi connectivity index (χ0) is 20.4. The van der Waals surface area contributed by atoms with Crippen LogP contribution in [-0.4, -0.2) is 30.6 Å². The highest BCUT2D eigenvalue weighted by atomic mass is 32.1. The van der Waals surface area contributed by atoms with Crippen LogP contribution in [0.4, 0.5) is 0 Å². The molecule has 0 unspecified atom stereocenters. The predicted octanol–water partition coefficient (Wildman–Crippen LogP) is 4.74. The van der Waals surface area contributed by atoms with E-state index in [1.54, 1.807) is 25.6 Å². The van der Waals surface area contributed by atoms with Crippen LogP contribution in [0.25, 0.3) is 11.3 Å². The number of fused-ring (bicyclic) bond motifs is 1. The number of aromatic nitrogens is 1. The van der Waals surface area contributed by atoms with Gasteiger partial charge in [-0.05, 0) is 50.5 Å². The number of hydrogen-bond donors (Lipinski definition) is 0. The first-order chi connectivity index (χ1) is 14.1. The van der Waals surface area contributed by atoms with Gasteiger partial charge in [0.25, 0.3) is 0 Å². The van der Waals surface area contributed by atoms with Crippen LogP contribution in [0.2, 0.25) is 0 Å². The van der Waals surface area contributed by atoms with Crippen molar-refractivity contribution in [3.8, 4) is 22.8 Å². The minimum atomic E-state index is 0.177. The summed E-state index contributed by atoms with van der Waals surface area (Å²) in [5.41, 5.74) is 5.55. The summed E-state index contributed by atoms with van der Waals surface area (Å²) in [5, 5.41) is 7.16. The lowest BCUT2D eigenvalue weighted by Crippen LogP contribution is -2.16. The van der Waals surface area contributed by atoms with Crippen molar-refractivity contribution in [3.63, 3.8) is 0 Å². The van der Waals surface area contributed by atoms with Gasteiger partial charge in [0.15, 0.2) is 0 Å². The lowest BCUT2D eigenvalue weighted by molar-refractivity contribution is 0.404. The van der Waals surface area contributed by atoms with Crippen molar-refractivity contribution in [1.82, 2.24) is 4.68 Å². The molecule has 1 aromatic heterocycles. The van der Waals surface area contributed by atoms with E-state index in [0.717, 1.165) is 46.1 Å². The first-order valence-electron chi connectivity index (χ1n) is 9.73. The van der Waals surface area contributed by atoms with Crippen molar-refractivity contribution in [3.05, 3.63) is 63.8 Å². The summed E-state index contributed by atoms with van der Waals surface area (Å²) in [7, 11) is 3.35. The molecule has 0 saturated heterocycles. The fraction of sp³-hybridized carbons (Fsp3) is 0.304. The van der Waals surface area contributed by atoms with Gasteiger partial charge in [-0.2, -0.15) is 5.10 Å². The minimum absolute atomic E-state index is 0.177. The molecule has 2 aromatic carbocycles. The average Bonchev–Trinajstić information content (AvgIpc) is 3.32. The second-order valence-electron chi connectivity index (χ2n) is 7.21. The van der Waals surface area contributed by atoms with Gasteiger partial charge in [-0.25, -0.2) is 4.68 Å². The largest absolute Gasteiger partial charge is 0.497 e. The van der Waals surface area contributed by atoms with E-state index in [1.807, 2.05) is 22.9 Å².